The zero-order valence-electron chi connectivity index (χ0n) is 12.1. The minimum atomic E-state index is 0.638. The molecule has 1 aromatic carbocycles. The summed E-state index contributed by atoms with van der Waals surface area (Å²) in [4.78, 5) is 0. The second-order valence-corrected chi connectivity index (χ2v) is 5.17. The number of hydrogen-bond acceptors (Lipinski definition) is 1. The monoisotopic (exact) mass is 247 g/mol. The average Bonchev–Trinajstić information content (AvgIpc) is 2.42. The summed E-state index contributed by atoms with van der Waals surface area (Å²) < 4.78 is 0. The molecular formula is C17H29N. The Bertz CT molecular complexity index is 281. The van der Waals surface area contributed by atoms with Gasteiger partial charge in [0.05, 0.1) is 0 Å². The van der Waals surface area contributed by atoms with Crippen LogP contribution in [0.25, 0.3) is 0 Å². The Labute approximate surface area is 113 Å². The van der Waals surface area contributed by atoms with Crippen LogP contribution in [0.4, 0.5) is 5.69 Å². The molecule has 0 saturated heterocycles. The molecule has 0 amide bonds. The molecule has 0 aromatic heterocycles. The number of para-hydroxylation sites is 1. The molecule has 1 rings (SSSR count). The fourth-order valence-corrected chi connectivity index (χ4v) is 2.32. The van der Waals surface area contributed by atoms with Gasteiger partial charge in [0.25, 0.3) is 0 Å². The normalized spacial score (nSPS) is 12.3. The standard InChI is InChI=1S/C17H29N/c1-3-5-6-7-8-10-13-16(4-2)18-17-14-11-9-12-15-17/h9,11-12,14-16,18H,3-8,10,13H2,1-2H3. The van der Waals surface area contributed by atoms with E-state index in [1.54, 1.807) is 0 Å². The Morgan fingerprint density at radius 3 is 2.22 bits per heavy atom. The summed E-state index contributed by atoms with van der Waals surface area (Å²) >= 11 is 0. The molecule has 1 atom stereocenters. The van der Waals surface area contributed by atoms with Crippen molar-refractivity contribution in [1.29, 1.82) is 0 Å². The SMILES string of the molecule is CCCCCCCCC(CC)Nc1ccccc1. The van der Waals surface area contributed by atoms with Crippen LogP contribution in [0.15, 0.2) is 30.3 Å². The molecule has 0 bridgehead atoms. The predicted octanol–water partition coefficient (Wildman–Crippen LogP) is 5.63. The zero-order chi connectivity index (χ0) is 13.1. The number of benzene rings is 1. The van der Waals surface area contributed by atoms with E-state index in [0.29, 0.717) is 6.04 Å². The van der Waals surface area contributed by atoms with Gasteiger partial charge in [0.2, 0.25) is 0 Å². The summed E-state index contributed by atoms with van der Waals surface area (Å²) in [7, 11) is 0. The van der Waals surface area contributed by atoms with E-state index in [0.717, 1.165) is 0 Å². The van der Waals surface area contributed by atoms with E-state index < -0.39 is 0 Å². The first-order valence-corrected chi connectivity index (χ1v) is 7.68. The highest BCUT2D eigenvalue weighted by molar-refractivity contribution is 5.43. The van der Waals surface area contributed by atoms with Gasteiger partial charge in [-0.3, -0.25) is 0 Å². The summed E-state index contributed by atoms with van der Waals surface area (Å²) in [5.74, 6) is 0. The second-order valence-electron chi connectivity index (χ2n) is 5.17. The molecule has 0 aliphatic rings. The molecule has 1 unspecified atom stereocenters. The van der Waals surface area contributed by atoms with Crippen LogP contribution in [0.5, 0.6) is 0 Å². The van der Waals surface area contributed by atoms with Crippen LogP contribution in [0, 0.1) is 0 Å². The fraction of sp³-hybridized carbons (Fsp3) is 0.647. The molecule has 1 aromatic rings. The third kappa shape index (κ3) is 6.68. The van der Waals surface area contributed by atoms with Gasteiger partial charge in [-0.05, 0) is 25.0 Å². The lowest BCUT2D eigenvalue weighted by Gasteiger charge is -2.18. The third-order valence-corrected chi connectivity index (χ3v) is 3.54. The quantitative estimate of drug-likeness (QED) is 0.528. The van der Waals surface area contributed by atoms with Gasteiger partial charge in [-0.1, -0.05) is 70.6 Å². The maximum absolute atomic E-state index is 3.63. The van der Waals surface area contributed by atoms with Crippen molar-refractivity contribution in [3.8, 4) is 0 Å². The highest BCUT2D eigenvalue weighted by Crippen LogP contribution is 2.15. The molecular weight excluding hydrogens is 218 g/mol. The molecule has 1 N–H and O–H groups in total. The number of nitrogens with one attached hydrogen (secondary N) is 1. The van der Waals surface area contributed by atoms with Crippen molar-refractivity contribution < 1.29 is 0 Å². The van der Waals surface area contributed by atoms with E-state index in [1.807, 2.05) is 0 Å². The van der Waals surface area contributed by atoms with Gasteiger partial charge in [-0.2, -0.15) is 0 Å². The Hall–Kier alpha value is -0.980. The second kappa shape index (κ2) is 9.99. The van der Waals surface area contributed by atoms with Crippen LogP contribution in [0.3, 0.4) is 0 Å². The van der Waals surface area contributed by atoms with E-state index in [2.05, 4.69) is 49.5 Å². The van der Waals surface area contributed by atoms with E-state index in [-0.39, 0.29) is 0 Å². The molecule has 102 valence electrons. The summed E-state index contributed by atoms with van der Waals surface area (Å²) in [6.45, 7) is 4.55. The summed E-state index contributed by atoms with van der Waals surface area (Å²) in [6.07, 6.45) is 10.8. The van der Waals surface area contributed by atoms with Gasteiger partial charge >= 0.3 is 0 Å². The predicted molar refractivity (Wildman–Crippen MR) is 82.1 cm³/mol. The lowest BCUT2D eigenvalue weighted by molar-refractivity contribution is 0.544. The van der Waals surface area contributed by atoms with Crippen molar-refractivity contribution in [2.45, 2.75) is 71.3 Å². The Kier molecular flexibility index (Phi) is 8.37. The smallest absolute Gasteiger partial charge is 0.0342 e. The van der Waals surface area contributed by atoms with Crippen LogP contribution in [0.2, 0.25) is 0 Å². The Balaban J connectivity index is 2.14. The summed E-state index contributed by atoms with van der Waals surface area (Å²) in [6, 6.07) is 11.2. The van der Waals surface area contributed by atoms with Gasteiger partial charge in [0.1, 0.15) is 0 Å². The van der Waals surface area contributed by atoms with Gasteiger partial charge in [-0.15, -0.1) is 0 Å². The molecule has 0 spiro atoms. The summed E-state index contributed by atoms with van der Waals surface area (Å²) in [5.41, 5.74) is 1.26. The van der Waals surface area contributed by atoms with Crippen LogP contribution in [-0.2, 0) is 0 Å². The molecule has 0 aliphatic carbocycles. The maximum Gasteiger partial charge on any atom is 0.0342 e. The lowest BCUT2D eigenvalue weighted by Crippen LogP contribution is -2.18. The van der Waals surface area contributed by atoms with E-state index in [4.69, 9.17) is 0 Å². The molecule has 1 heteroatoms. The first-order chi connectivity index (χ1) is 8.86. The van der Waals surface area contributed by atoms with Gasteiger partial charge in [0.15, 0.2) is 0 Å². The topological polar surface area (TPSA) is 12.0 Å². The number of rotatable bonds is 10. The molecule has 0 fully saturated rings. The zero-order valence-corrected chi connectivity index (χ0v) is 12.1. The minimum absolute atomic E-state index is 0.638. The molecule has 18 heavy (non-hydrogen) atoms. The van der Waals surface area contributed by atoms with Crippen molar-refractivity contribution in [3.05, 3.63) is 30.3 Å². The lowest BCUT2D eigenvalue weighted by atomic mass is 10.0. The van der Waals surface area contributed by atoms with Crippen molar-refractivity contribution >= 4 is 5.69 Å². The van der Waals surface area contributed by atoms with Crippen LogP contribution in [0.1, 0.15) is 65.2 Å². The van der Waals surface area contributed by atoms with E-state index >= 15 is 0 Å². The van der Waals surface area contributed by atoms with Crippen molar-refractivity contribution in [2.24, 2.45) is 0 Å². The Morgan fingerprint density at radius 2 is 1.56 bits per heavy atom. The number of anilines is 1. The van der Waals surface area contributed by atoms with Crippen LogP contribution in [-0.4, -0.2) is 6.04 Å². The Morgan fingerprint density at radius 1 is 0.889 bits per heavy atom. The molecule has 1 nitrogen and oxygen atoms in total. The first-order valence-electron chi connectivity index (χ1n) is 7.68. The van der Waals surface area contributed by atoms with Gasteiger partial charge in [-0.25, -0.2) is 0 Å². The first kappa shape index (κ1) is 15.1. The van der Waals surface area contributed by atoms with Gasteiger partial charge < -0.3 is 5.32 Å². The van der Waals surface area contributed by atoms with Crippen LogP contribution < -0.4 is 5.32 Å². The minimum Gasteiger partial charge on any atom is -0.382 e. The number of hydrogen-bond donors (Lipinski definition) is 1. The van der Waals surface area contributed by atoms with Crippen molar-refractivity contribution in [1.82, 2.24) is 0 Å². The number of unbranched alkanes of at least 4 members (excludes halogenated alkanes) is 5. The molecule has 0 heterocycles. The molecule has 0 saturated carbocycles. The maximum atomic E-state index is 3.63. The van der Waals surface area contributed by atoms with Crippen molar-refractivity contribution in [2.75, 3.05) is 5.32 Å². The van der Waals surface area contributed by atoms with E-state index in [1.165, 1.54) is 57.1 Å². The third-order valence-electron chi connectivity index (χ3n) is 3.54. The van der Waals surface area contributed by atoms with E-state index in [9.17, 15) is 0 Å². The van der Waals surface area contributed by atoms with Crippen molar-refractivity contribution in [3.63, 3.8) is 0 Å². The van der Waals surface area contributed by atoms with Gasteiger partial charge in [0, 0.05) is 11.7 Å². The largest absolute Gasteiger partial charge is 0.382 e. The average molecular weight is 247 g/mol. The van der Waals surface area contributed by atoms with Crippen LogP contribution >= 0.6 is 0 Å². The molecule has 0 radical (unpaired) electrons. The molecule has 0 aliphatic heterocycles. The highest BCUT2D eigenvalue weighted by atomic mass is 14.9. The highest BCUT2D eigenvalue weighted by Gasteiger charge is 2.05. The fourth-order valence-electron chi connectivity index (χ4n) is 2.32. The summed E-state index contributed by atoms with van der Waals surface area (Å²) in [5, 5.41) is 3.63.